The molecule has 144 valence electrons. The Hall–Kier alpha value is -2.47. The molecule has 0 aliphatic rings. The quantitative estimate of drug-likeness (QED) is 0.482. The molecule has 0 unspecified atom stereocenters. The predicted octanol–water partition coefficient (Wildman–Crippen LogP) is 6.67. The van der Waals surface area contributed by atoms with E-state index in [1.807, 2.05) is 19.9 Å². The Labute approximate surface area is 165 Å². The van der Waals surface area contributed by atoms with Crippen LogP contribution in [-0.2, 0) is 0 Å². The van der Waals surface area contributed by atoms with Gasteiger partial charge in [-0.15, -0.1) is 0 Å². The zero-order chi connectivity index (χ0) is 19.6. The van der Waals surface area contributed by atoms with E-state index in [9.17, 15) is 0 Å². The van der Waals surface area contributed by atoms with Crippen LogP contribution in [0.5, 0.6) is 5.75 Å². The molecular formula is C21H28N4OS. The molecule has 0 bridgehead atoms. The first-order valence-electron chi connectivity index (χ1n) is 9.28. The molecule has 0 fully saturated rings. The molecule has 1 N–H and O–H groups in total. The van der Waals surface area contributed by atoms with Gasteiger partial charge in [-0.05, 0) is 25.5 Å². The van der Waals surface area contributed by atoms with E-state index in [1.54, 1.807) is 37.1 Å². The molecule has 0 radical (unpaired) electrons. The van der Waals surface area contributed by atoms with Crippen LogP contribution < -0.4 is 10.1 Å². The summed E-state index contributed by atoms with van der Waals surface area (Å²) in [5.41, 5.74) is 3.73. The van der Waals surface area contributed by atoms with Crippen LogP contribution in [0.25, 0.3) is 10.2 Å². The highest BCUT2D eigenvalue weighted by Crippen LogP contribution is 2.37. The number of aryl methyl sites for hydroxylation is 1. The third kappa shape index (κ3) is 5.50. The van der Waals surface area contributed by atoms with Crippen molar-refractivity contribution in [2.24, 2.45) is 4.99 Å². The Morgan fingerprint density at radius 1 is 1.22 bits per heavy atom. The Morgan fingerprint density at radius 2 is 2.00 bits per heavy atom. The zero-order valence-corrected chi connectivity index (χ0v) is 17.6. The summed E-state index contributed by atoms with van der Waals surface area (Å²) in [5, 5.41) is 4.06. The zero-order valence-electron chi connectivity index (χ0n) is 16.7. The van der Waals surface area contributed by atoms with Crippen molar-refractivity contribution >= 4 is 44.3 Å². The van der Waals surface area contributed by atoms with Gasteiger partial charge in [0.1, 0.15) is 17.0 Å². The fraction of sp³-hybridized carbons (Fsp3) is 0.381. The topological polar surface area (TPSA) is 59.4 Å². The summed E-state index contributed by atoms with van der Waals surface area (Å²) in [6.07, 6.45) is 9.28. The first-order chi connectivity index (χ1) is 13.1. The average Bonchev–Trinajstić information content (AvgIpc) is 3.08. The van der Waals surface area contributed by atoms with Gasteiger partial charge in [0.2, 0.25) is 0 Å². The van der Waals surface area contributed by atoms with Crippen molar-refractivity contribution in [1.29, 1.82) is 0 Å². The minimum Gasteiger partial charge on any atom is -0.494 e. The number of pyridine rings is 1. The van der Waals surface area contributed by atoms with Crippen LogP contribution >= 0.6 is 11.3 Å². The maximum Gasteiger partial charge on any atom is 0.188 e. The van der Waals surface area contributed by atoms with Crippen LogP contribution in [0.15, 0.2) is 35.6 Å². The highest BCUT2D eigenvalue weighted by Gasteiger charge is 2.11. The monoisotopic (exact) mass is 384 g/mol. The number of anilines is 2. The normalized spacial score (nSPS) is 10.7. The molecule has 0 saturated heterocycles. The number of unbranched alkanes of at least 4 members (excludes halogenated alkanes) is 2. The number of aliphatic imine (C=N–C) groups is 1. The van der Waals surface area contributed by atoms with E-state index < -0.39 is 0 Å². The van der Waals surface area contributed by atoms with E-state index in [2.05, 4.69) is 46.3 Å². The van der Waals surface area contributed by atoms with Crippen molar-refractivity contribution in [2.45, 2.75) is 47.0 Å². The van der Waals surface area contributed by atoms with Gasteiger partial charge in [0, 0.05) is 18.5 Å². The molecule has 0 atom stereocenters. The molecule has 5 nitrogen and oxygen atoms in total. The lowest BCUT2D eigenvalue weighted by molar-refractivity contribution is 0.416. The number of hydrogen-bond acceptors (Lipinski definition) is 6. The molecule has 0 saturated carbocycles. The lowest BCUT2D eigenvalue weighted by Gasteiger charge is -2.07. The summed E-state index contributed by atoms with van der Waals surface area (Å²) < 4.78 is 6.42. The van der Waals surface area contributed by atoms with E-state index in [1.165, 1.54) is 19.3 Å². The summed E-state index contributed by atoms with van der Waals surface area (Å²) in [7, 11) is 1.64. The SMILES string of the molecule is CC=Nc1c(C)ccc2sc(Nc3cnccc3OC)nc12.CCCCC. The van der Waals surface area contributed by atoms with Gasteiger partial charge < -0.3 is 10.1 Å². The Balaban J connectivity index is 0.000000465. The van der Waals surface area contributed by atoms with Gasteiger partial charge in [0.15, 0.2) is 5.13 Å². The molecule has 0 aliphatic heterocycles. The third-order valence-electron chi connectivity index (χ3n) is 3.94. The second-order valence-corrected chi connectivity index (χ2v) is 7.07. The van der Waals surface area contributed by atoms with Crippen molar-refractivity contribution in [3.05, 3.63) is 36.2 Å². The van der Waals surface area contributed by atoms with Gasteiger partial charge in [0.25, 0.3) is 0 Å². The van der Waals surface area contributed by atoms with Crippen molar-refractivity contribution in [1.82, 2.24) is 9.97 Å². The average molecular weight is 385 g/mol. The van der Waals surface area contributed by atoms with E-state index in [-0.39, 0.29) is 0 Å². The van der Waals surface area contributed by atoms with E-state index in [0.29, 0.717) is 0 Å². The number of nitrogens with zero attached hydrogens (tertiary/aromatic N) is 3. The number of aromatic nitrogens is 2. The predicted molar refractivity (Wildman–Crippen MR) is 117 cm³/mol. The van der Waals surface area contributed by atoms with Crippen LogP contribution in [0.4, 0.5) is 16.5 Å². The standard InChI is InChI=1S/C16H16N4OS.C5H12/c1-4-18-14-10(2)5-6-13-15(14)20-16(22-13)19-11-9-17-8-7-12(11)21-3;1-3-5-4-2/h4-9H,1-3H3,(H,19,20);3-5H2,1-2H3. The van der Waals surface area contributed by atoms with E-state index in [0.717, 1.165) is 38.0 Å². The maximum atomic E-state index is 5.32. The van der Waals surface area contributed by atoms with Gasteiger partial charge in [0.05, 0.1) is 23.7 Å². The van der Waals surface area contributed by atoms with Crippen molar-refractivity contribution < 1.29 is 4.74 Å². The second kappa shape index (κ2) is 10.6. The molecule has 0 spiro atoms. The fourth-order valence-electron chi connectivity index (χ4n) is 2.55. The number of rotatable bonds is 6. The summed E-state index contributed by atoms with van der Waals surface area (Å²) >= 11 is 1.58. The first-order valence-corrected chi connectivity index (χ1v) is 10.1. The number of thiazole rings is 1. The van der Waals surface area contributed by atoms with E-state index in [4.69, 9.17) is 4.74 Å². The van der Waals surface area contributed by atoms with Crippen LogP contribution in [-0.4, -0.2) is 23.3 Å². The molecule has 2 aromatic heterocycles. The Kier molecular flexibility index (Phi) is 8.20. The fourth-order valence-corrected chi connectivity index (χ4v) is 3.43. The number of benzene rings is 1. The number of fused-ring (bicyclic) bond motifs is 1. The Bertz CT molecular complexity index is 887. The van der Waals surface area contributed by atoms with Gasteiger partial charge in [-0.1, -0.05) is 50.5 Å². The molecule has 0 amide bonds. The van der Waals surface area contributed by atoms with Crippen LogP contribution in [0.3, 0.4) is 0 Å². The van der Waals surface area contributed by atoms with Gasteiger partial charge in [-0.3, -0.25) is 9.98 Å². The molecular weight excluding hydrogens is 356 g/mol. The smallest absolute Gasteiger partial charge is 0.188 e. The molecule has 27 heavy (non-hydrogen) atoms. The number of ether oxygens (including phenoxy) is 1. The summed E-state index contributed by atoms with van der Waals surface area (Å²) in [6, 6.07) is 5.95. The molecule has 2 heterocycles. The van der Waals surface area contributed by atoms with Crippen molar-refractivity contribution in [3.63, 3.8) is 0 Å². The number of nitrogens with one attached hydrogen (secondary N) is 1. The minimum absolute atomic E-state index is 0.734. The molecule has 3 aromatic rings. The summed E-state index contributed by atoms with van der Waals surface area (Å²) in [4.78, 5) is 13.2. The summed E-state index contributed by atoms with van der Waals surface area (Å²) in [5.74, 6) is 0.734. The van der Waals surface area contributed by atoms with Crippen molar-refractivity contribution in [2.75, 3.05) is 12.4 Å². The molecule has 1 aromatic carbocycles. The lowest BCUT2D eigenvalue weighted by atomic mass is 10.2. The minimum atomic E-state index is 0.734. The largest absolute Gasteiger partial charge is 0.494 e. The highest BCUT2D eigenvalue weighted by molar-refractivity contribution is 7.22. The summed E-state index contributed by atoms with van der Waals surface area (Å²) in [6.45, 7) is 8.37. The van der Waals surface area contributed by atoms with Gasteiger partial charge in [-0.25, -0.2) is 4.98 Å². The molecule has 0 aliphatic carbocycles. The van der Waals surface area contributed by atoms with Crippen LogP contribution in [0.2, 0.25) is 0 Å². The second-order valence-electron chi connectivity index (χ2n) is 6.04. The van der Waals surface area contributed by atoms with E-state index >= 15 is 0 Å². The van der Waals surface area contributed by atoms with Crippen LogP contribution in [0.1, 0.15) is 45.6 Å². The van der Waals surface area contributed by atoms with Crippen LogP contribution in [0, 0.1) is 6.92 Å². The van der Waals surface area contributed by atoms with Crippen molar-refractivity contribution in [3.8, 4) is 5.75 Å². The first kappa shape index (κ1) is 20.8. The number of methoxy groups -OCH3 is 1. The lowest BCUT2D eigenvalue weighted by Crippen LogP contribution is -1.94. The molecule has 6 heteroatoms. The molecule has 3 rings (SSSR count). The maximum absolute atomic E-state index is 5.32. The number of hydrogen-bond donors (Lipinski definition) is 1. The Morgan fingerprint density at radius 3 is 2.63 bits per heavy atom. The highest BCUT2D eigenvalue weighted by atomic mass is 32.1. The van der Waals surface area contributed by atoms with Gasteiger partial charge in [-0.2, -0.15) is 0 Å². The van der Waals surface area contributed by atoms with Gasteiger partial charge >= 0.3 is 0 Å². The third-order valence-corrected chi connectivity index (χ3v) is 4.88.